The molecule has 0 saturated carbocycles. The van der Waals surface area contributed by atoms with Gasteiger partial charge in [0.05, 0.1) is 0 Å². The number of thioether (sulfide) groups is 1. The van der Waals surface area contributed by atoms with Gasteiger partial charge >= 0.3 is 0 Å². The molecule has 0 amide bonds. The summed E-state index contributed by atoms with van der Waals surface area (Å²) >= 11 is 1.75. The number of nitrogens with zero attached hydrogens (tertiary/aromatic N) is 1. The van der Waals surface area contributed by atoms with Gasteiger partial charge < -0.3 is 0 Å². The van der Waals surface area contributed by atoms with Crippen molar-refractivity contribution >= 4 is 11.8 Å². The number of aryl methyl sites for hydroxylation is 1. The summed E-state index contributed by atoms with van der Waals surface area (Å²) in [5.74, 6) is 0. The van der Waals surface area contributed by atoms with Crippen LogP contribution in [0.5, 0.6) is 0 Å². The molecule has 0 aliphatic heterocycles. The maximum atomic E-state index is 4.15. The second-order valence-corrected chi connectivity index (χ2v) is 3.36. The Labute approximate surface area is 72.2 Å². The topological polar surface area (TPSA) is 12.9 Å². The van der Waals surface area contributed by atoms with Crippen LogP contribution < -0.4 is 0 Å². The van der Waals surface area contributed by atoms with E-state index in [1.807, 2.05) is 12.4 Å². The molecule has 0 N–H and O–H groups in total. The summed E-state index contributed by atoms with van der Waals surface area (Å²) < 4.78 is 0. The van der Waals surface area contributed by atoms with Crippen LogP contribution in [0.25, 0.3) is 0 Å². The van der Waals surface area contributed by atoms with Crippen molar-refractivity contribution in [2.75, 3.05) is 6.26 Å². The average molecular weight is 167 g/mol. The standard InChI is InChI=1S/C9H13NS/c1-3-4-8-5-9(11-2)7-10-6-8/h5-7H,3-4H2,1-2H3. The fourth-order valence-electron chi connectivity index (χ4n) is 1.00. The maximum Gasteiger partial charge on any atom is 0.0404 e. The third kappa shape index (κ3) is 2.54. The summed E-state index contributed by atoms with van der Waals surface area (Å²) in [5, 5.41) is 0. The highest BCUT2D eigenvalue weighted by Crippen LogP contribution is 2.14. The molecule has 60 valence electrons. The number of pyridine rings is 1. The zero-order valence-corrected chi connectivity index (χ0v) is 7.82. The fraction of sp³-hybridized carbons (Fsp3) is 0.444. The van der Waals surface area contributed by atoms with Crippen molar-refractivity contribution in [3.63, 3.8) is 0 Å². The van der Waals surface area contributed by atoms with Crippen LogP contribution in [-0.4, -0.2) is 11.2 Å². The SMILES string of the molecule is CCCc1cncc(SC)c1. The Morgan fingerprint density at radius 2 is 2.27 bits per heavy atom. The first-order valence-corrected chi connectivity index (χ1v) is 5.07. The van der Waals surface area contributed by atoms with E-state index >= 15 is 0 Å². The number of hydrogen-bond donors (Lipinski definition) is 0. The second-order valence-electron chi connectivity index (χ2n) is 2.48. The number of aromatic nitrogens is 1. The Morgan fingerprint density at radius 3 is 2.91 bits per heavy atom. The van der Waals surface area contributed by atoms with Crippen molar-refractivity contribution < 1.29 is 0 Å². The Balaban J connectivity index is 2.74. The predicted octanol–water partition coefficient (Wildman–Crippen LogP) is 2.76. The van der Waals surface area contributed by atoms with Gasteiger partial charge in [0.2, 0.25) is 0 Å². The lowest BCUT2D eigenvalue weighted by molar-refractivity contribution is 0.907. The molecule has 0 aromatic carbocycles. The number of hydrogen-bond acceptors (Lipinski definition) is 2. The Hall–Kier alpha value is -0.500. The zero-order chi connectivity index (χ0) is 8.10. The van der Waals surface area contributed by atoms with Gasteiger partial charge in [-0.15, -0.1) is 11.8 Å². The van der Waals surface area contributed by atoms with Gasteiger partial charge in [0.15, 0.2) is 0 Å². The normalized spacial score (nSPS) is 10.0. The van der Waals surface area contributed by atoms with Gasteiger partial charge in [0.25, 0.3) is 0 Å². The molecule has 0 fully saturated rings. The maximum absolute atomic E-state index is 4.15. The van der Waals surface area contributed by atoms with E-state index in [4.69, 9.17) is 0 Å². The van der Waals surface area contributed by atoms with E-state index in [0.717, 1.165) is 6.42 Å². The van der Waals surface area contributed by atoms with Crippen LogP contribution >= 0.6 is 11.8 Å². The molecular formula is C9H13NS. The molecule has 0 aliphatic rings. The minimum Gasteiger partial charge on any atom is -0.263 e. The quantitative estimate of drug-likeness (QED) is 0.642. The second kappa shape index (κ2) is 4.39. The molecular weight excluding hydrogens is 154 g/mol. The number of rotatable bonds is 3. The Bertz CT molecular complexity index is 223. The highest BCUT2D eigenvalue weighted by molar-refractivity contribution is 7.98. The van der Waals surface area contributed by atoms with E-state index in [1.165, 1.54) is 16.9 Å². The third-order valence-electron chi connectivity index (χ3n) is 1.54. The first kappa shape index (κ1) is 8.60. The van der Waals surface area contributed by atoms with Crippen molar-refractivity contribution in [3.05, 3.63) is 24.0 Å². The molecule has 1 heterocycles. The zero-order valence-electron chi connectivity index (χ0n) is 7.00. The molecule has 1 aromatic heterocycles. The van der Waals surface area contributed by atoms with Gasteiger partial charge in [-0.25, -0.2) is 0 Å². The lowest BCUT2D eigenvalue weighted by Gasteiger charge is -1.99. The van der Waals surface area contributed by atoms with E-state index in [1.54, 1.807) is 11.8 Å². The van der Waals surface area contributed by atoms with Crippen LogP contribution in [0.1, 0.15) is 18.9 Å². The van der Waals surface area contributed by atoms with Crippen LogP contribution in [0.4, 0.5) is 0 Å². The van der Waals surface area contributed by atoms with Crippen LogP contribution in [-0.2, 0) is 6.42 Å². The van der Waals surface area contributed by atoms with Crippen molar-refractivity contribution in [1.29, 1.82) is 0 Å². The van der Waals surface area contributed by atoms with Crippen LogP contribution in [0.15, 0.2) is 23.4 Å². The van der Waals surface area contributed by atoms with E-state index in [9.17, 15) is 0 Å². The van der Waals surface area contributed by atoms with Crippen molar-refractivity contribution in [1.82, 2.24) is 4.98 Å². The fourth-order valence-corrected chi connectivity index (χ4v) is 1.44. The van der Waals surface area contributed by atoms with Gasteiger partial charge in [-0.05, 0) is 24.3 Å². The summed E-state index contributed by atoms with van der Waals surface area (Å²) in [6.45, 7) is 2.19. The van der Waals surface area contributed by atoms with E-state index in [0.29, 0.717) is 0 Å². The third-order valence-corrected chi connectivity index (χ3v) is 2.24. The molecule has 0 radical (unpaired) electrons. The first-order chi connectivity index (χ1) is 5.36. The summed E-state index contributed by atoms with van der Waals surface area (Å²) in [6.07, 6.45) is 8.26. The van der Waals surface area contributed by atoms with Crippen molar-refractivity contribution in [2.24, 2.45) is 0 Å². The van der Waals surface area contributed by atoms with Crippen LogP contribution in [0.3, 0.4) is 0 Å². The molecule has 0 saturated heterocycles. The van der Waals surface area contributed by atoms with E-state index in [2.05, 4.69) is 24.2 Å². The molecule has 1 nitrogen and oxygen atoms in total. The Kier molecular flexibility index (Phi) is 3.43. The first-order valence-electron chi connectivity index (χ1n) is 3.84. The molecule has 0 spiro atoms. The van der Waals surface area contributed by atoms with Crippen LogP contribution in [0.2, 0.25) is 0 Å². The minimum atomic E-state index is 1.14. The summed E-state index contributed by atoms with van der Waals surface area (Å²) in [5.41, 5.74) is 1.35. The van der Waals surface area contributed by atoms with Gasteiger partial charge in [-0.1, -0.05) is 13.3 Å². The van der Waals surface area contributed by atoms with E-state index < -0.39 is 0 Å². The largest absolute Gasteiger partial charge is 0.263 e. The molecule has 0 unspecified atom stereocenters. The molecule has 0 atom stereocenters. The molecule has 2 heteroatoms. The highest BCUT2D eigenvalue weighted by atomic mass is 32.2. The van der Waals surface area contributed by atoms with Crippen LogP contribution in [0, 0.1) is 0 Å². The van der Waals surface area contributed by atoms with Crippen molar-refractivity contribution in [2.45, 2.75) is 24.7 Å². The monoisotopic (exact) mass is 167 g/mol. The molecule has 11 heavy (non-hydrogen) atoms. The van der Waals surface area contributed by atoms with Crippen molar-refractivity contribution in [3.8, 4) is 0 Å². The van der Waals surface area contributed by atoms with E-state index in [-0.39, 0.29) is 0 Å². The summed E-state index contributed by atoms with van der Waals surface area (Å²) in [6, 6.07) is 2.21. The lowest BCUT2D eigenvalue weighted by atomic mass is 10.2. The lowest BCUT2D eigenvalue weighted by Crippen LogP contribution is -1.85. The summed E-state index contributed by atoms with van der Waals surface area (Å²) in [4.78, 5) is 5.41. The molecule has 0 bridgehead atoms. The van der Waals surface area contributed by atoms with Gasteiger partial charge in [-0.2, -0.15) is 0 Å². The highest BCUT2D eigenvalue weighted by Gasteiger charge is 1.93. The molecule has 1 aromatic rings. The van der Waals surface area contributed by atoms with Gasteiger partial charge in [0.1, 0.15) is 0 Å². The Morgan fingerprint density at radius 1 is 1.45 bits per heavy atom. The smallest absolute Gasteiger partial charge is 0.0404 e. The summed E-state index contributed by atoms with van der Waals surface area (Å²) in [7, 11) is 0. The van der Waals surface area contributed by atoms with Gasteiger partial charge in [-0.3, -0.25) is 4.98 Å². The average Bonchev–Trinajstić information content (AvgIpc) is 2.06. The van der Waals surface area contributed by atoms with Gasteiger partial charge in [0, 0.05) is 17.3 Å². The molecule has 1 rings (SSSR count). The molecule has 0 aliphatic carbocycles. The minimum absolute atomic E-state index is 1.14. The predicted molar refractivity (Wildman–Crippen MR) is 50.0 cm³/mol.